The monoisotopic (exact) mass is 433 g/mol. The SMILES string of the molecule is O.O=C(Cc1cccs1)N[C@@H]1C(=O)N2C(C(=O)[O-])=C(C[n+]3ccccc3)CS[C@H]12. The van der Waals surface area contributed by atoms with Crippen molar-refractivity contribution < 1.29 is 29.5 Å². The van der Waals surface area contributed by atoms with Gasteiger partial charge in [-0.25, -0.2) is 4.57 Å². The highest BCUT2D eigenvalue weighted by Crippen LogP contribution is 2.40. The Bertz CT molecular complexity index is 946. The standard InChI is InChI=1S/C19H17N3O4S2.H2O/c23-14(9-13-5-4-8-27-13)20-15-17(24)22-16(19(25)26)12(11-28-18(15)22)10-21-6-2-1-3-7-21;/h1-8,15,18H,9-11H2,(H-,20,23,25,26);1H2/t15-,18-;/m1./s1. The molecule has 2 aliphatic rings. The van der Waals surface area contributed by atoms with Gasteiger partial charge in [0.2, 0.25) is 5.91 Å². The summed E-state index contributed by atoms with van der Waals surface area (Å²) in [5.74, 6) is -1.57. The van der Waals surface area contributed by atoms with E-state index in [1.54, 1.807) is 0 Å². The number of nitrogens with zero attached hydrogens (tertiary/aromatic N) is 2. The van der Waals surface area contributed by atoms with Crippen LogP contribution >= 0.6 is 23.1 Å². The van der Waals surface area contributed by atoms with E-state index in [1.807, 2.05) is 52.7 Å². The molecule has 8 nitrogen and oxygen atoms in total. The number of hydrogen-bond acceptors (Lipinski definition) is 6. The van der Waals surface area contributed by atoms with E-state index in [2.05, 4.69) is 5.32 Å². The van der Waals surface area contributed by atoms with E-state index in [0.29, 0.717) is 17.9 Å². The summed E-state index contributed by atoms with van der Waals surface area (Å²) in [6.07, 6.45) is 3.88. The third-order valence-corrected chi connectivity index (χ3v) is 6.84. The van der Waals surface area contributed by atoms with Crippen molar-refractivity contribution >= 4 is 40.9 Å². The van der Waals surface area contributed by atoms with Crippen LogP contribution in [0.5, 0.6) is 0 Å². The Labute approximate surface area is 175 Å². The molecule has 0 aromatic carbocycles. The molecule has 4 heterocycles. The van der Waals surface area contributed by atoms with Gasteiger partial charge in [0.05, 0.1) is 18.1 Å². The number of carboxylic acids is 1. The molecule has 0 saturated carbocycles. The summed E-state index contributed by atoms with van der Waals surface area (Å²) in [4.78, 5) is 38.8. The molecule has 0 spiro atoms. The van der Waals surface area contributed by atoms with Gasteiger partial charge in [-0.15, -0.1) is 23.1 Å². The lowest BCUT2D eigenvalue weighted by atomic mass is 10.0. The van der Waals surface area contributed by atoms with Gasteiger partial charge in [0.25, 0.3) is 5.91 Å². The summed E-state index contributed by atoms with van der Waals surface area (Å²) in [6.45, 7) is 0.364. The van der Waals surface area contributed by atoms with Gasteiger partial charge < -0.3 is 20.7 Å². The number of thiophene rings is 1. The summed E-state index contributed by atoms with van der Waals surface area (Å²) >= 11 is 2.93. The van der Waals surface area contributed by atoms with Crippen molar-refractivity contribution in [3.05, 3.63) is 64.3 Å². The smallest absolute Gasteiger partial charge is 0.253 e. The lowest BCUT2D eigenvalue weighted by Crippen LogP contribution is -2.71. The van der Waals surface area contributed by atoms with Crippen LogP contribution in [0.25, 0.3) is 0 Å². The number of fused-ring (bicyclic) bond motifs is 1. The number of β-lactam (4-membered cyclic amide) rings is 1. The zero-order chi connectivity index (χ0) is 19.7. The van der Waals surface area contributed by atoms with E-state index >= 15 is 0 Å². The molecule has 2 atom stereocenters. The van der Waals surface area contributed by atoms with Crippen LogP contribution in [-0.4, -0.2) is 45.3 Å². The first-order chi connectivity index (χ1) is 13.5. The molecule has 152 valence electrons. The highest BCUT2D eigenvalue weighted by molar-refractivity contribution is 8.00. The minimum absolute atomic E-state index is 0. The Kier molecular flexibility index (Phi) is 6.36. The molecule has 1 fully saturated rings. The van der Waals surface area contributed by atoms with Crippen molar-refractivity contribution in [2.45, 2.75) is 24.4 Å². The van der Waals surface area contributed by atoms with Crippen LogP contribution in [0, 0.1) is 0 Å². The molecular weight excluding hydrogens is 414 g/mol. The molecule has 2 aromatic heterocycles. The molecule has 2 amide bonds. The first-order valence-electron chi connectivity index (χ1n) is 8.68. The largest absolute Gasteiger partial charge is 0.543 e. The average molecular weight is 434 g/mol. The maximum Gasteiger partial charge on any atom is 0.253 e. The van der Waals surface area contributed by atoms with Gasteiger partial charge in [-0.3, -0.25) is 14.5 Å². The number of aromatic nitrogens is 1. The van der Waals surface area contributed by atoms with E-state index < -0.39 is 23.3 Å². The number of pyridine rings is 1. The summed E-state index contributed by atoms with van der Waals surface area (Å²) in [5, 5.41) is 16.0. The maximum atomic E-state index is 12.6. The molecule has 29 heavy (non-hydrogen) atoms. The van der Waals surface area contributed by atoms with Crippen LogP contribution in [0.2, 0.25) is 0 Å². The topological polar surface area (TPSA) is 125 Å². The highest BCUT2D eigenvalue weighted by Gasteiger charge is 2.53. The number of amides is 2. The van der Waals surface area contributed by atoms with E-state index in [4.69, 9.17) is 0 Å². The zero-order valence-electron chi connectivity index (χ0n) is 15.2. The number of hydrogen-bond donors (Lipinski definition) is 1. The Morgan fingerprint density at radius 2 is 2.00 bits per heavy atom. The number of rotatable bonds is 6. The molecule has 4 rings (SSSR count). The zero-order valence-corrected chi connectivity index (χ0v) is 16.9. The van der Waals surface area contributed by atoms with Crippen molar-refractivity contribution in [1.29, 1.82) is 0 Å². The van der Waals surface area contributed by atoms with Crippen LogP contribution < -0.4 is 15.0 Å². The minimum Gasteiger partial charge on any atom is -0.543 e. The second kappa shape index (κ2) is 8.76. The molecule has 0 radical (unpaired) electrons. The Balaban J connectivity index is 0.00000240. The normalized spacial score (nSPS) is 20.4. The number of carbonyl (C=O) groups excluding carboxylic acids is 3. The quantitative estimate of drug-likeness (QED) is 0.455. The van der Waals surface area contributed by atoms with Gasteiger partial charge in [0.15, 0.2) is 18.9 Å². The fourth-order valence-corrected chi connectivity index (χ4v) is 5.39. The fourth-order valence-electron chi connectivity index (χ4n) is 3.35. The molecule has 0 unspecified atom stereocenters. The second-order valence-corrected chi connectivity index (χ2v) is 8.64. The van der Waals surface area contributed by atoms with Crippen LogP contribution in [0.15, 0.2) is 59.4 Å². The number of thioether (sulfide) groups is 1. The number of carbonyl (C=O) groups is 3. The lowest BCUT2D eigenvalue weighted by molar-refractivity contribution is -0.689. The third-order valence-electron chi connectivity index (χ3n) is 4.62. The molecule has 2 aliphatic heterocycles. The van der Waals surface area contributed by atoms with Gasteiger partial charge in [0.1, 0.15) is 11.4 Å². The number of nitrogens with one attached hydrogen (secondary N) is 1. The highest BCUT2D eigenvalue weighted by atomic mass is 32.2. The van der Waals surface area contributed by atoms with Crippen molar-refractivity contribution in [2.75, 3.05) is 5.75 Å². The van der Waals surface area contributed by atoms with Gasteiger partial charge in [-0.1, -0.05) is 12.1 Å². The van der Waals surface area contributed by atoms with Gasteiger partial charge in [-0.2, -0.15) is 0 Å². The Hall–Kier alpha value is -2.69. The second-order valence-electron chi connectivity index (χ2n) is 6.50. The number of aliphatic carboxylic acids is 1. The number of carboxylic acid groups (broad SMARTS) is 1. The van der Waals surface area contributed by atoms with Crippen molar-refractivity contribution in [3.63, 3.8) is 0 Å². The summed E-state index contributed by atoms with van der Waals surface area (Å²) < 4.78 is 1.85. The summed E-state index contributed by atoms with van der Waals surface area (Å²) in [5.41, 5.74) is 0.544. The van der Waals surface area contributed by atoms with Gasteiger partial charge in [0, 0.05) is 28.3 Å². The lowest BCUT2D eigenvalue weighted by Gasteiger charge is -2.50. The van der Waals surface area contributed by atoms with Crippen molar-refractivity contribution in [2.24, 2.45) is 0 Å². The van der Waals surface area contributed by atoms with Crippen LogP contribution in [0.3, 0.4) is 0 Å². The molecule has 1 saturated heterocycles. The molecule has 2 aromatic rings. The average Bonchev–Trinajstić information content (AvgIpc) is 3.19. The van der Waals surface area contributed by atoms with E-state index in [0.717, 1.165) is 4.88 Å². The van der Waals surface area contributed by atoms with Crippen molar-refractivity contribution in [1.82, 2.24) is 10.2 Å². The van der Waals surface area contributed by atoms with Crippen LogP contribution in [0.4, 0.5) is 0 Å². The van der Waals surface area contributed by atoms with Crippen LogP contribution in [0.1, 0.15) is 4.88 Å². The Morgan fingerprint density at radius 3 is 2.66 bits per heavy atom. The predicted octanol–water partition coefficient (Wildman–Crippen LogP) is -1.14. The van der Waals surface area contributed by atoms with E-state index in [9.17, 15) is 19.5 Å². The summed E-state index contributed by atoms with van der Waals surface area (Å²) in [6, 6.07) is 8.59. The van der Waals surface area contributed by atoms with Gasteiger partial charge >= 0.3 is 0 Å². The molecule has 0 bridgehead atoms. The maximum absolute atomic E-state index is 12.6. The molecule has 3 N–H and O–H groups in total. The third kappa shape index (κ3) is 4.19. The Morgan fingerprint density at radius 1 is 1.24 bits per heavy atom. The fraction of sp³-hybridized carbons (Fsp3) is 0.263. The van der Waals surface area contributed by atoms with Gasteiger partial charge in [-0.05, 0) is 11.4 Å². The summed E-state index contributed by atoms with van der Waals surface area (Å²) in [7, 11) is 0. The predicted molar refractivity (Wildman–Crippen MR) is 105 cm³/mol. The first-order valence-corrected chi connectivity index (χ1v) is 10.6. The van der Waals surface area contributed by atoms with Crippen molar-refractivity contribution in [3.8, 4) is 0 Å². The van der Waals surface area contributed by atoms with E-state index in [-0.39, 0.29) is 23.5 Å². The first kappa shape index (κ1) is 21.0. The van der Waals surface area contributed by atoms with Crippen LogP contribution in [-0.2, 0) is 27.3 Å². The molecular formula is C19H19N3O5S2. The molecule has 10 heteroatoms. The van der Waals surface area contributed by atoms with E-state index in [1.165, 1.54) is 28.0 Å². The molecule has 0 aliphatic carbocycles. The minimum atomic E-state index is -1.37.